The molecule has 0 bridgehead atoms. The summed E-state index contributed by atoms with van der Waals surface area (Å²) < 4.78 is 0. The maximum atomic E-state index is 3.46. The highest BCUT2D eigenvalue weighted by Gasteiger charge is 2.24. The normalized spacial score (nSPS) is 23.8. The third kappa shape index (κ3) is 2.06. The van der Waals surface area contributed by atoms with Gasteiger partial charge in [0, 0.05) is 25.3 Å². The van der Waals surface area contributed by atoms with E-state index in [1.165, 1.54) is 43.6 Å². The zero-order valence-electron chi connectivity index (χ0n) is 10.7. The molecule has 1 atom stereocenters. The van der Waals surface area contributed by atoms with Gasteiger partial charge in [-0.15, -0.1) is 0 Å². The van der Waals surface area contributed by atoms with Crippen LogP contribution in [-0.4, -0.2) is 19.6 Å². The number of fused-ring (bicyclic) bond motifs is 1. The summed E-state index contributed by atoms with van der Waals surface area (Å²) in [5.74, 6) is 0.910. The Balaban J connectivity index is 1.88. The van der Waals surface area contributed by atoms with Crippen molar-refractivity contribution in [1.29, 1.82) is 0 Å². The second kappa shape index (κ2) is 4.69. The first-order chi connectivity index (χ1) is 8.38. The predicted molar refractivity (Wildman–Crippen MR) is 72.5 cm³/mol. The fourth-order valence-electron chi connectivity index (χ4n) is 3.19. The number of nitrogens with zero attached hydrogens (tertiary/aromatic N) is 1. The summed E-state index contributed by atoms with van der Waals surface area (Å²) in [5.41, 5.74) is 4.62. The van der Waals surface area contributed by atoms with Crippen molar-refractivity contribution >= 4 is 5.69 Å². The fraction of sp³-hybridized carbons (Fsp3) is 0.600. The molecule has 3 rings (SSSR count). The van der Waals surface area contributed by atoms with Crippen LogP contribution in [-0.2, 0) is 13.0 Å². The van der Waals surface area contributed by atoms with E-state index in [2.05, 4.69) is 35.3 Å². The molecule has 2 nitrogen and oxygen atoms in total. The third-order valence-electron chi connectivity index (χ3n) is 4.32. The first kappa shape index (κ1) is 11.1. The maximum Gasteiger partial charge on any atom is 0.0402 e. The molecule has 0 spiro atoms. The van der Waals surface area contributed by atoms with Gasteiger partial charge in [0.2, 0.25) is 0 Å². The van der Waals surface area contributed by atoms with Gasteiger partial charge < -0.3 is 10.2 Å². The largest absolute Gasteiger partial charge is 0.371 e. The summed E-state index contributed by atoms with van der Waals surface area (Å²) in [6.07, 6.45) is 3.89. The number of anilines is 1. The summed E-state index contributed by atoms with van der Waals surface area (Å²) in [6, 6.07) is 6.82. The summed E-state index contributed by atoms with van der Waals surface area (Å²) in [5, 5.41) is 3.46. The molecular formula is C15H22N2. The van der Waals surface area contributed by atoms with Crippen LogP contribution < -0.4 is 10.2 Å². The van der Waals surface area contributed by atoms with Crippen molar-refractivity contribution in [3.8, 4) is 0 Å². The first-order valence-corrected chi connectivity index (χ1v) is 6.95. The number of nitrogens with one attached hydrogen (secondary N) is 1. The van der Waals surface area contributed by atoms with Crippen LogP contribution in [0.15, 0.2) is 18.2 Å². The zero-order chi connectivity index (χ0) is 11.7. The standard InChI is InChI=1S/C15H22N2/c1-2-12-7-9-17(11-12)15-5-3-4-13-10-16-8-6-14(13)15/h3-5,12,16H,2,6-11H2,1H3. The average Bonchev–Trinajstić information content (AvgIpc) is 2.87. The molecule has 2 heterocycles. The van der Waals surface area contributed by atoms with E-state index < -0.39 is 0 Å². The highest BCUT2D eigenvalue weighted by atomic mass is 15.2. The molecule has 1 aromatic rings. The molecule has 1 fully saturated rings. The first-order valence-electron chi connectivity index (χ1n) is 6.95. The van der Waals surface area contributed by atoms with Crippen LogP contribution in [0.1, 0.15) is 30.9 Å². The van der Waals surface area contributed by atoms with Gasteiger partial charge in [0.05, 0.1) is 0 Å². The van der Waals surface area contributed by atoms with Crippen LogP contribution in [0.25, 0.3) is 0 Å². The number of hydrogen-bond donors (Lipinski definition) is 1. The van der Waals surface area contributed by atoms with Crippen molar-refractivity contribution in [2.75, 3.05) is 24.5 Å². The van der Waals surface area contributed by atoms with E-state index >= 15 is 0 Å². The lowest BCUT2D eigenvalue weighted by molar-refractivity contribution is 0.568. The van der Waals surface area contributed by atoms with Crippen molar-refractivity contribution in [1.82, 2.24) is 5.32 Å². The van der Waals surface area contributed by atoms with Crippen molar-refractivity contribution in [3.63, 3.8) is 0 Å². The Morgan fingerprint density at radius 2 is 2.35 bits per heavy atom. The molecule has 2 heteroatoms. The molecule has 1 saturated heterocycles. The summed E-state index contributed by atoms with van der Waals surface area (Å²) in [7, 11) is 0. The Hall–Kier alpha value is -1.02. The van der Waals surface area contributed by atoms with Crippen LogP contribution in [0.2, 0.25) is 0 Å². The molecule has 2 aliphatic heterocycles. The molecule has 1 N–H and O–H groups in total. The van der Waals surface area contributed by atoms with Gasteiger partial charge in [0.15, 0.2) is 0 Å². The van der Waals surface area contributed by atoms with Gasteiger partial charge in [-0.3, -0.25) is 0 Å². The molecule has 1 aromatic carbocycles. The fourth-order valence-corrected chi connectivity index (χ4v) is 3.19. The molecule has 1 unspecified atom stereocenters. The third-order valence-corrected chi connectivity index (χ3v) is 4.32. The lowest BCUT2D eigenvalue weighted by atomic mass is 9.98. The number of rotatable bonds is 2. The second-order valence-corrected chi connectivity index (χ2v) is 5.35. The van der Waals surface area contributed by atoms with E-state index in [1.807, 2.05) is 0 Å². The molecule has 0 aromatic heterocycles. The van der Waals surface area contributed by atoms with Crippen molar-refractivity contribution in [2.45, 2.75) is 32.7 Å². The van der Waals surface area contributed by atoms with Crippen molar-refractivity contribution in [3.05, 3.63) is 29.3 Å². The zero-order valence-corrected chi connectivity index (χ0v) is 10.7. The Bertz CT molecular complexity index is 400. The van der Waals surface area contributed by atoms with Crippen LogP contribution in [0.3, 0.4) is 0 Å². The molecule has 0 amide bonds. The molecule has 0 aliphatic carbocycles. The maximum absolute atomic E-state index is 3.46. The highest BCUT2D eigenvalue weighted by molar-refractivity contribution is 5.58. The molecule has 17 heavy (non-hydrogen) atoms. The number of hydrogen-bond acceptors (Lipinski definition) is 2. The van der Waals surface area contributed by atoms with Crippen LogP contribution in [0.4, 0.5) is 5.69 Å². The topological polar surface area (TPSA) is 15.3 Å². The average molecular weight is 230 g/mol. The Kier molecular flexibility index (Phi) is 3.06. The smallest absolute Gasteiger partial charge is 0.0402 e. The van der Waals surface area contributed by atoms with Gasteiger partial charge in [-0.05, 0) is 42.5 Å². The van der Waals surface area contributed by atoms with Gasteiger partial charge in [0.25, 0.3) is 0 Å². The van der Waals surface area contributed by atoms with E-state index in [-0.39, 0.29) is 0 Å². The van der Waals surface area contributed by atoms with Gasteiger partial charge in [0.1, 0.15) is 0 Å². The molecule has 0 radical (unpaired) electrons. The minimum atomic E-state index is 0.910. The van der Waals surface area contributed by atoms with Gasteiger partial charge in [-0.1, -0.05) is 25.5 Å². The highest BCUT2D eigenvalue weighted by Crippen LogP contribution is 2.31. The molecule has 92 valence electrons. The number of benzene rings is 1. The Labute approximate surface area is 104 Å². The van der Waals surface area contributed by atoms with E-state index in [4.69, 9.17) is 0 Å². The summed E-state index contributed by atoms with van der Waals surface area (Å²) in [6.45, 7) is 7.02. The van der Waals surface area contributed by atoms with Crippen LogP contribution in [0.5, 0.6) is 0 Å². The van der Waals surface area contributed by atoms with E-state index in [0.717, 1.165) is 19.0 Å². The Morgan fingerprint density at radius 3 is 3.18 bits per heavy atom. The summed E-state index contributed by atoms with van der Waals surface area (Å²) in [4.78, 5) is 2.61. The minimum absolute atomic E-state index is 0.910. The van der Waals surface area contributed by atoms with Crippen LogP contribution >= 0.6 is 0 Å². The summed E-state index contributed by atoms with van der Waals surface area (Å²) >= 11 is 0. The van der Waals surface area contributed by atoms with Crippen molar-refractivity contribution in [2.24, 2.45) is 5.92 Å². The molecule has 0 saturated carbocycles. The van der Waals surface area contributed by atoms with Gasteiger partial charge >= 0.3 is 0 Å². The molecular weight excluding hydrogens is 208 g/mol. The minimum Gasteiger partial charge on any atom is -0.371 e. The quantitative estimate of drug-likeness (QED) is 0.840. The van der Waals surface area contributed by atoms with Gasteiger partial charge in [-0.2, -0.15) is 0 Å². The monoisotopic (exact) mass is 230 g/mol. The van der Waals surface area contributed by atoms with Crippen LogP contribution in [0, 0.1) is 5.92 Å². The van der Waals surface area contributed by atoms with E-state index in [0.29, 0.717) is 0 Å². The predicted octanol–water partition coefficient (Wildman–Crippen LogP) is 2.57. The second-order valence-electron chi connectivity index (χ2n) is 5.35. The van der Waals surface area contributed by atoms with E-state index in [1.54, 1.807) is 5.56 Å². The lowest BCUT2D eigenvalue weighted by Crippen LogP contribution is -2.27. The van der Waals surface area contributed by atoms with Crippen molar-refractivity contribution < 1.29 is 0 Å². The van der Waals surface area contributed by atoms with E-state index in [9.17, 15) is 0 Å². The Morgan fingerprint density at radius 1 is 1.41 bits per heavy atom. The van der Waals surface area contributed by atoms with Gasteiger partial charge in [-0.25, -0.2) is 0 Å². The molecule has 2 aliphatic rings. The lowest BCUT2D eigenvalue weighted by Gasteiger charge is -2.26. The SMILES string of the molecule is CCC1CCN(c2cccc3c2CCNC3)C1.